The zero-order valence-electron chi connectivity index (χ0n) is 14.6. The van der Waals surface area contributed by atoms with Gasteiger partial charge in [-0.2, -0.15) is 0 Å². The van der Waals surface area contributed by atoms with Gasteiger partial charge in [0.05, 0.1) is 18.4 Å². The van der Waals surface area contributed by atoms with Gasteiger partial charge in [-0.1, -0.05) is 43.3 Å². The highest BCUT2D eigenvalue weighted by Gasteiger charge is 2.26. The van der Waals surface area contributed by atoms with E-state index in [0.29, 0.717) is 17.7 Å². The number of carboxylic acid groups (broad SMARTS) is 1. The van der Waals surface area contributed by atoms with Gasteiger partial charge in [-0.25, -0.2) is 4.79 Å². The van der Waals surface area contributed by atoms with Crippen LogP contribution in [-0.2, 0) is 6.42 Å². The van der Waals surface area contributed by atoms with Crippen molar-refractivity contribution in [3.8, 4) is 22.7 Å². The molecule has 1 N–H and O–H groups in total. The summed E-state index contributed by atoms with van der Waals surface area (Å²) < 4.78 is 7.36. The zero-order valence-corrected chi connectivity index (χ0v) is 14.6. The van der Waals surface area contributed by atoms with E-state index in [9.17, 15) is 9.90 Å². The number of aromatic carboxylic acids is 1. The lowest BCUT2D eigenvalue weighted by Crippen LogP contribution is -2.03. The summed E-state index contributed by atoms with van der Waals surface area (Å²) in [6.07, 6.45) is 0.657. The molecule has 1 heterocycles. The Bertz CT molecular complexity index is 910. The fourth-order valence-electron chi connectivity index (χ4n) is 3.34. The minimum Gasteiger partial charge on any atom is -0.497 e. The van der Waals surface area contributed by atoms with Crippen molar-refractivity contribution in [1.29, 1.82) is 0 Å². The summed E-state index contributed by atoms with van der Waals surface area (Å²) in [5, 5.41) is 9.89. The third kappa shape index (κ3) is 2.91. The first kappa shape index (κ1) is 16.8. The molecule has 0 unspecified atom stereocenters. The predicted molar refractivity (Wildman–Crippen MR) is 98.8 cm³/mol. The summed E-state index contributed by atoms with van der Waals surface area (Å²) in [6, 6.07) is 17.3. The van der Waals surface area contributed by atoms with Gasteiger partial charge in [-0.15, -0.1) is 0 Å². The van der Waals surface area contributed by atoms with Crippen LogP contribution in [0.1, 0.15) is 28.5 Å². The molecule has 1 aromatic heterocycles. The van der Waals surface area contributed by atoms with Gasteiger partial charge in [0.2, 0.25) is 0 Å². The molecule has 0 aliphatic carbocycles. The van der Waals surface area contributed by atoms with Crippen molar-refractivity contribution >= 4 is 5.97 Å². The Morgan fingerprint density at radius 3 is 2.44 bits per heavy atom. The van der Waals surface area contributed by atoms with Crippen LogP contribution >= 0.6 is 0 Å². The van der Waals surface area contributed by atoms with E-state index in [1.54, 1.807) is 7.11 Å². The smallest absolute Gasteiger partial charge is 0.338 e. The highest BCUT2D eigenvalue weighted by Crippen LogP contribution is 2.35. The molecule has 0 radical (unpaired) electrons. The Morgan fingerprint density at radius 2 is 1.84 bits per heavy atom. The summed E-state index contributed by atoms with van der Waals surface area (Å²) in [5.74, 6) is -0.167. The van der Waals surface area contributed by atoms with E-state index >= 15 is 0 Å². The molecular weight excluding hydrogens is 314 g/mol. The summed E-state index contributed by atoms with van der Waals surface area (Å²) in [4.78, 5) is 12.1. The molecule has 128 valence electrons. The maximum Gasteiger partial charge on any atom is 0.338 e. The van der Waals surface area contributed by atoms with Crippen LogP contribution in [0.15, 0.2) is 54.6 Å². The topological polar surface area (TPSA) is 51.5 Å². The summed E-state index contributed by atoms with van der Waals surface area (Å²) in [6.45, 7) is 3.96. The van der Waals surface area contributed by atoms with Crippen molar-refractivity contribution in [3.05, 3.63) is 71.4 Å². The van der Waals surface area contributed by atoms with Gasteiger partial charge < -0.3 is 14.4 Å². The number of aromatic nitrogens is 1. The Morgan fingerprint density at radius 1 is 1.12 bits per heavy atom. The summed E-state index contributed by atoms with van der Waals surface area (Å²) in [5.41, 5.74) is 4.63. The average Bonchev–Trinajstić information content (AvgIpc) is 2.95. The van der Waals surface area contributed by atoms with Gasteiger partial charge in [-0.3, -0.25) is 0 Å². The van der Waals surface area contributed by atoms with Crippen LogP contribution in [0, 0.1) is 6.92 Å². The van der Waals surface area contributed by atoms with Gasteiger partial charge in [-0.05, 0) is 36.6 Å². The van der Waals surface area contributed by atoms with Crippen LogP contribution < -0.4 is 4.74 Å². The van der Waals surface area contributed by atoms with Crippen LogP contribution in [-0.4, -0.2) is 22.8 Å². The van der Waals surface area contributed by atoms with Gasteiger partial charge >= 0.3 is 5.97 Å². The van der Waals surface area contributed by atoms with Gasteiger partial charge in [0.1, 0.15) is 5.75 Å². The largest absolute Gasteiger partial charge is 0.497 e. The number of benzene rings is 2. The Balaban J connectivity index is 2.39. The number of hydrogen-bond acceptors (Lipinski definition) is 2. The first-order chi connectivity index (χ1) is 12.1. The number of ether oxygens (including phenoxy) is 1. The maximum atomic E-state index is 12.1. The molecule has 0 aliphatic heterocycles. The molecule has 3 aromatic rings. The first-order valence-corrected chi connectivity index (χ1v) is 8.25. The molecule has 4 heteroatoms. The second-order valence-electron chi connectivity index (χ2n) is 5.85. The molecule has 0 atom stereocenters. The number of carbonyl (C=O) groups is 1. The number of nitrogens with zero attached hydrogens (tertiary/aromatic N) is 1. The van der Waals surface area contributed by atoms with Crippen LogP contribution in [0.2, 0.25) is 0 Å². The van der Waals surface area contributed by atoms with Gasteiger partial charge in [0.25, 0.3) is 0 Å². The second kappa shape index (κ2) is 6.85. The minimum absolute atomic E-state index is 0.369. The summed E-state index contributed by atoms with van der Waals surface area (Å²) in [7, 11) is 1.62. The van der Waals surface area contributed by atoms with Crippen LogP contribution in [0.3, 0.4) is 0 Å². The van der Waals surface area contributed by atoms with E-state index in [-0.39, 0.29) is 0 Å². The van der Waals surface area contributed by atoms with E-state index in [1.165, 1.54) is 0 Å². The first-order valence-electron chi connectivity index (χ1n) is 8.25. The van der Waals surface area contributed by atoms with Crippen LogP contribution in [0.4, 0.5) is 0 Å². The molecule has 0 aliphatic rings. The normalized spacial score (nSPS) is 10.7. The second-order valence-corrected chi connectivity index (χ2v) is 5.85. The molecule has 0 saturated carbocycles. The molecule has 0 saturated heterocycles. The molecular formula is C21H21NO3. The van der Waals surface area contributed by atoms with Crippen molar-refractivity contribution in [3.63, 3.8) is 0 Å². The standard InChI is InChI=1S/C21H21NO3/c1-4-18-14(2)22(16-11-8-12-17(13-16)25-3)20(19(18)21(23)24)15-9-6-5-7-10-15/h5-13H,4H2,1-3H3,(H,23,24). The lowest BCUT2D eigenvalue weighted by atomic mass is 10.0. The lowest BCUT2D eigenvalue weighted by Gasteiger charge is -2.14. The number of rotatable bonds is 5. The van der Waals surface area contributed by atoms with Crippen LogP contribution in [0.25, 0.3) is 16.9 Å². The quantitative estimate of drug-likeness (QED) is 0.734. The SMILES string of the molecule is CCc1c(C(=O)O)c(-c2ccccc2)n(-c2cccc(OC)c2)c1C. The molecule has 25 heavy (non-hydrogen) atoms. The number of methoxy groups -OCH3 is 1. The Hall–Kier alpha value is -3.01. The van der Waals surface area contributed by atoms with Gasteiger partial charge in [0, 0.05) is 17.4 Å². The highest BCUT2D eigenvalue weighted by atomic mass is 16.5. The predicted octanol–water partition coefficient (Wildman–Crippen LogP) is 4.72. The molecule has 3 rings (SSSR count). The zero-order chi connectivity index (χ0) is 18.0. The Kier molecular flexibility index (Phi) is 4.61. The monoisotopic (exact) mass is 335 g/mol. The fraction of sp³-hybridized carbons (Fsp3) is 0.190. The third-order valence-electron chi connectivity index (χ3n) is 4.46. The van der Waals surface area contributed by atoms with E-state index in [0.717, 1.165) is 28.3 Å². The highest BCUT2D eigenvalue weighted by molar-refractivity contribution is 5.98. The van der Waals surface area contributed by atoms with E-state index in [2.05, 4.69) is 0 Å². The van der Waals surface area contributed by atoms with Crippen molar-refractivity contribution in [2.75, 3.05) is 7.11 Å². The molecule has 0 spiro atoms. The molecule has 2 aromatic carbocycles. The van der Waals surface area contributed by atoms with E-state index < -0.39 is 5.97 Å². The maximum absolute atomic E-state index is 12.1. The van der Waals surface area contributed by atoms with Crippen molar-refractivity contribution in [2.24, 2.45) is 0 Å². The molecule has 0 amide bonds. The third-order valence-corrected chi connectivity index (χ3v) is 4.46. The van der Waals surface area contributed by atoms with Crippen LogP contribution in [0.5, 0.6) is 5.75 Å². The number of hydrogen-bond donors (Lipinski definition) is 1. The van der Waals surface area contributed by atoms with Crippen molar-refractivity contribution < 1.29 is 14.6 Å². The van der Waals surface area contributed by atoms with Crippen molar-refractivity contribution in [1.82, 2.24) is 4.57 Å². The van der Waals surface area contributed by atoms with Gasteiger partial charge in [0.15, 0.2) is 0 Å². The lowest BCUT2D eigenvalue weighted by molar-refractivity contribution is 0.0696. The fourth-order valence-corrected chi connectivity index (χ4v) is 3.34. The van der Waals surface area contributed by atoms with Crippen molar-refractivity contribution in [2.45, 2.75) is 20.3 Å². The molecule has 0 fully saturated rings. The number of carboxylic acids is 1. The Labute approximate surface area is 147 Å². The average molecular weight is 335 g/mol. The molecule has 0 bridgehead atoms. The van der Waals surface area contributed by atoms with E-state index in [4.69, 9.17) is 4.74 Å². The summed E-state index contributed by atoms with van der Waals surface area (Å²) >= 11 is 0. The molecule has 4 nitrogen and oxygen atoms in total. The minimum atomic E-state index is -0.902. The van der Waals surface area contributed by atoms with E-state index in [1.807, 2.05) is 73.0 Å².